The molecule has 0 saturated carbocycles. The first-order chi connectivity index (χ1) is 22.1. The fraction of sp³-hybridized carbons (Fsp3) is 0.222. The zero-order chi connectivity index (χ0) is 31.2. The Morgan fingerprint density at radius 1 is 0.333 bits per heavy atom. The van der Waals surface area contributed by atoms with Gasteiger partial charge in [0.15, 0.2) is 23.1 Å². The molecule has 6 rings (SSSR count). The van der Waals surface area contributed by atoms with Gasteiger partial charge in [-0.05, 0) is 12.1 Å². The van der Waals surface area contributed by atoms with Crippen LogP contribution in [0.15, 0.2) is 84.9 Å². The molecule has 0 amide bonds. The van der Waals surface area contributed by atoms with Gasteiger partial charge in [0.2, 0.25) is 0 Å². The predicted octanol–water partition coefficient (Wildman–Crippen LogP) is 4.75. The molecule has 0 saturated heterocycles. The Morgan fingerprint density at radius 2 is 0.644 bits per heavy atom. The Morgan fingerprint density at radius 3 is 1.02 bits per heavy atom. The van der Waals surface area contributed by atoms with Crippen LogP contribution in [0.3, 0.4) is 0 Å². The van der Waals surface area contributed by atoms with Crippen molar-refractivity contribution in [3.63, 3.8) is 0 Å². The molecule has 0 spiro atoms. The van der Waals surface area contributed by atoms with E-state index < -0.39 is 0 Å². The van der Waals surface area contributed by atoms with Gasteiger partial charge in [-0.2, -0.15) is 0 Å². The molecule has 0 fully saturated rings. The largest absolute Gasteiger partial charge is 0.490 e. The van der Waals surface area contributed by atoms with Crippen molar-refractivity contribution in [2.24, 2.45) is 0 Å². The summed E-state index contributed by atoms with van der Waals surface area (Å²) in [5.74, 6) is -0.110. The maximum absolute atomic E-state index is 13.0. The second-order valence-electron chi connectivity index (χ2n) is 10.3. The van der Waals surface area contributed by atoms with Crippen molar-refractivity contribution in [1.82, 2.24) is 0 Å². The highest BCUT2D eigenvalue weighted by Gasteiger charge is 2.33. The van der Waals surface area contributed by atoms with Crippen molar-refractivity contribution in [3.8, 4) is 11.5 Å². The third kappa shape index (κ3) is 6.19. The average molecular weight is 607 g/mol. The molecule has 0 N–H and O–H groups in total. The number of fused-ring (bicyclic) bond motifs is 4. The summed E-state index contributed by atoms with van der Waals surface area (Å²) >= 11 is 0. The van der Waals surface area contributed by atoms with E-state index in [1.54, 1.807) is 84.9 Å². The molecule has 2 aliphatic rings. The standard InChI is InChI=1S/C36H30O9/c37-33-23-7-1-3-9-25(23)35(39)31-27(33)11-5-13-29(31)44-21-19-42-17-15-41-16-18-43-20-22-45-30-14-6-12-28-32(30)36(40)26-10-4-2-8-24(26)34(28)38/h1-14H,15-22H2. The second-order valence-corrected chi connectivity index (χ2v) is 10.3. The van der Waals surface area contributed by atoms with Crippen molar-refractivity contribution >= 4 is 23.1 Å². The van der Waals surface area contributed by atoms with E-state index in [9.17, 15) is 19.2 Å². The van der Waals surface area contributed by atoms with Crippen molar-refractivity contribution in [1.29, 1.82) is 0 Å². The van der Waals surface area contributed by atoms with Crippen LogP contribution in [0.4, 0.5) is 0 Å². The first-order valence-corrected chi connectivity index (χ1v) is 14.7. The molecule has 9 nitrogen and oxygen atoms in total. The topological polar surface area (TPSA) is 114 Å². The minimum atomic E-state index is -0.226. The first-order valence-electron chi connectivity index (χ1n) is 14.7. The molecular formula is C36H30O9. The maximum atomic E-state index is 13.0. The SMILES string of the molecule is O=C1c2ccccc2C(=O)c2c(OCCOCCOCCOCCOc3cccc4c3C(=O)c3ccccc3C4=O)cccc21. The predicted molar refractivity (Wildman–Crippen MR) is 163 cm³/mol. The van der Waals surface area contributed by atoms with Crippen molar-refractivity contribution < 1.29 is 42.9 Å². The third-order valence-corrected chi connectivity index (χ3v) is 7.54. The molecular weight excluding hydrogens is 576 g/mol. The lowest BCUT2D eigenvalue weighted by atomic mass is 9.83. The zero-order valence-electron chi connectivity index (χ0n) is 24.4. The Labute approximate surface area is 259 Å². The van der Waals surface area contributed by atoms with Crippen molar-refractivity contribution in [2.75, 3.05) is 52.9 Å². The van der Waals surface area contributed by atoms with Gasteiger partial charge < -0.3 is 23.7 Å². The van der Waals surface area contributed by atoms with Crippen LogP contribution < -0.4 is 9.47 Å². The van der Waals surface area contributed by atoms with Gasteiger partial charge in [0, 0.05) is 33.4 Å². The molecule has 228 valence electrons. The summed E-state index contributed by atoms with van der Waals surface area (Å²) in [7, 11) is 0. The van der Waals surface area contributed by atoms with Crippen molar-refractivity contribution in [3.05, 3.63) is 129 Å². The number of carbonyl (C=O) groups excluding carboxylic acids is 4. The molecule has 45 heavy (non-hydrogen) atoms. The van der Waals surface area contributed by atoms with Crippen LogP contribution in [0.25, 0.3) is 0 Å². The molecule has 2 aliphatic carbocycles. The summed E-state index contributed by atoms with van der Waals surface area (Å²) in [4.78, 5) is 51.8. The summed E-state index contributed by atoms with van der Waals surface area (Å²) in [5, 5.41) is 0. The summed E-state index contributed by atoms with van der Waals surface area (Å²) in [6, 6.07) is 23.6. The fourth-order valence-corrected chi connectivity index (χ4v) is 5.43. The van der Waals surface area contributed by atoms with E-state index in [0.717, 1.165) is 0 Å². The van der Waals surface area contributed by atoms with Gasteiger partial charge >= 0.3 is 0 Å². The Kier molecular flexibility index (Phi) is 9.21. The van der Waals surface area contributed by atoms with Crippen LogP contribution in [0.2, 0.25) is 0 Å². The van der Waals surface area contributed by atoms with Gasteiger partial charge in [-0.3, -0.25) is 19.2 Å². The van der Waals surface area contributed by atoms with Crippen LogP contribution in [0.5, 0.6) is 11.5 Å². The molecule has 0 bridgehead atoms. The monoisotopic (exact) mass is 606 g/mol. The summed E-state index contributed by atoms with van der Waals surface area (Å²) in [6.45, 7) is 2.39. The molecule has 0 unspecified atom stereocenters. The van der Waals surface area contributed by atoms with E-state index in [1.807, 2.05) is 0 Å². The van der Waals surface area contributed by atoms with Crippen LogP contribution in [-0.4, -0.2) is 76.0 Å². The number of benzene rings is 4. The minimum Gasteiger partial charge on any atom is -0.490 e. The van der Waals surface area contributed by atoms with E-state index in [0.29, 0.717) is 71.3 Å². The lowest BCUT2D eigenvalue weighted by molar-refractivity contribution is 0.00492. The second kappa shape index (κ2) is 13.8. The maximum Gasteiger partial charge on any atom is 0.198 e. The first kappa shape index (κ1) is 30.1. The highest BCUT2D eigenvalue weighted by atomic mass is 16.6. The molecule has 0 heterocycles. The highest BCUT2D eigenvalue weighted by Crippen LogP contribution is 2.34. The summed E-state index contributed by atoms with van der Waals surface area (Å²) in [6.07, 6.45) is 0. The van der Waals surface area contributed by atoms with E-state index in [1.165, 1.54) is 0 Å². The van der Waals surface area contributed by atoms with Crippen molar-refractivity contribution in [2.45, 2.75) is 0 Å². The van der Waals surface area contributed by atoms with Crippen LogP contribution >= 0.6 is 0 Å². The van der Waals surface area contributed by atoms with Crippen LogP contribution in [-0.2, 0) is 14.2 Å². The number of carbonyl (C=O) groups is 4. The molecule has 0 radical (unpaired) electrons. The average Bonchev–Trinajstić information content (AvgIpc) is 3.08. The number of rotatable bonds is 14. The van der Waals surface area contributed by atoms with Gasteiger partial charge in [-0.15, -0.1) is 0 Å². The van der Waals surface area contributed by atoms with Gasteiger partial charge in [0.1, 0.15) is 24.7 Å². The Hall–Kier alpha value is -4.96. The normalized spacial score (nSPS) is 13.2. The van der Waals surface area contributed by atoms with E-state index >= 15 is 0 Å². The van der Waals surface area contributed by atoms with Gasteiger partial charge in [-0.25, -0.2) is 0 Å². The van der Waals surface area contributed by atoms with Gasteiger partial charge in [-0.1, -0.05) is 72.8 Å². The molecule has 4 aromatic rings. The zero-order valence-corrected chi connectivity index (χ0v) is 24.4. The van der Waals surface area contributed by atoms with Crippen LogP contribution in [0.1, 0.15) is 63.7 Å². The third-order valence-electron chi connectivity index (χ3n) is 7.54. The van der Waals surface area contributed by atoms with Gasteiger partial charge in [0.05, 0.1) is 50.8 Å². The van der Waals surface area contributed by atoms with Gasteiger partial charge in [0.25, 0.3) is 0 Å². The number of hydrogen-bond acceptors (Lipinski definition) is 9. The number of ketones is 4. The molecule has 0 aliphatic heterocycles. The lowest BCUT2D eigenvalue weighted by Gasteiger charge is -2.20. The number of ether oxygens (including phenoxy) is 5. The summed E-state index contributed by atoms with van der Waals surface area (Å²) in [5.41, 5.74) is 2.83. The fourth-order valence-electron chi connectivity index (χ4n) is 5.43. The molecule has 4 aromatic carbocycles. The highest BCUT2D eigenvalue weighted by molar-refractivity contribution is 6.30. The minimum absolute atomic E-state index is 0.189. The number of hydrogen-bond donors (Lipinski definition) is 0. The molecule has 0 atom stereocenters. The molecule has 9 heteroatoms. The van der Waals surface area contributed by atoms with Crippen LogP contribution in [0, 0.1) is 0 Å². The van der Waals surface area contributed by atoms with E-state index in [4.69, 9.17) is 23.7 Å². The van der Waals surface area contributed by atoms with E-state index in [2.05, 4.69) is 0 Å². The molecule has 0 aromatic heterocycles. The smallest absolute Gasteiger partial charge is 0.198 e. The Bertz CT molecular complexity index is 1650. The lowest BCUT2D eigenvalue weighted by Crippen LogP contribution is -2.22. The Balaban J connectivity index is 0.853. The quantitative estimate of drug-likeness (QED) is 0.162. The van der Waals surface area contributed by atoms with E-state index in [-0.39, 0.29) is 60.7 Å². The summed E-state index contributed by atoms with van der Waals surface area (Å²) < 4.78 is 28.3.